The molecule has 0 radical (unpaired) electrons. The SMILES string of the molecule is Cc1c(Cl)cccc1[C@@H]1C[C@H]1CO. The number of benzene rings is 1. The highest BCUT2D eigenvalue weighted by Gasteiger charge is 2.38. The van der Waals surface area contributed by atoms with E-state index in [-0.39, 0.29) is 0 Å². The molecule has 13 heavy (non-hydrogen) atoms. The number of aliphatic hydroxyl groups is 1. The van der Waals surface area contributed by atoms with Crippen LogP contribution < -0.4 is 0 Å². The third kappa shape index (κ3) is 1.59. The molecule has 1 aromatic carbocycles. The van der Waals surface area contributed by atoms with Gasteiger partial charge in [0, 0.05) is 11.6 Å². The van der Waals surface area contributed by atoms with Gasteiger partial charge in [0.25, 0.3) is 0 Å². The second kappa shape index (κ2) is 3.32. The topological polar surface area (TPSA) is 20.2 Å². The van der Waals surface area contributed by atoms with Gasteiger partial charge in [0.2, 0.25) is 0 Å². The predicted octanol–water partition coefficient (Wildman–Crippen LogP) is 2.74. The van der Waals surface area contributed by atoms with Crippen molar-refractivity contribution in [2.75, 3.05) is 6.61 Å². The van der Waals surface area contributed by atoms with E-state index in [2.05, 4.69) is 6.07 Å². The van der Waals surface area contributed by atoms with E-state index >= 15 is 0 Å². The Balaban J connectivity index is 2.27. The van der Waals surface area contributed by atoms with E-state index in [9.17, 15) is 0 Å². The van der Waals surface area contributed by atoms with Crippen molar-refractivity contribution >= 4 is 11.6 Å². The smallest absolute Gasteiger partial charge is 0.0465 e. The molecule has 1 nitrogen and oxygen atoms in total. The van der Waals surface area contributed by atoms with E-state index in [1.807, 2.05) is 19.1 Å². The maximum atomic E-state index is 8.96. The van der Waals surface area contributed by atoms with E-state index in [0.717, 1.165) is 11.4 Å². The van der Waals surface area contributed by atoms with Crippen LogP contribution in [-0.2, 0) is 0 Å². The summed E-state index contributed by atoms with van der Waals surface area (Å²) in [6, 6.07) is 6.01. The van der Waals surface area contributed by atoms with Crippen LogP contribution in [-0.4, -0.2) is 11.7 Å². The first-order chi connectivity index (χ1) is 6.24. The summed E-state index contributed by atoms with van der Waals surface area (Å²) in [5.41, 5.74) is 2.48. The van der Waals surface area contributed by atoms with Crippen LogP contribution in [0.5, 0.6) is 0 Å². The third-order valence-electron chi connectivity index (χ3n) is 2.87. The first-order valence-electron chi connectivity index (χ1n) is 4.60. The van der Waals surface area contributed by atoms with Gasteiger partial charge in [-0.2, -0.15) is 0 Å². The zero-order valence-electron chi connectivity index (χ0n) is 7.63. The Bertz CT molecular complexity index is 322. The fourth-order valence-corrected chi connectivity index (χ4v) is 2.04. The van der Waals surface area contributed by atoms with Gasteiger partial charge >= 0.3 is 0 Å². The number of halogens is 1. The molecule has 0 saturated heterocycles. The fraction of sp³-hybridized carbons (Fsp3) is 0.455. The molecule has 70 valence electrons. The number of hydrogen-bond donors (Lipinski definition) is 1. The van der Waals surface area contributed by atoms with Crippen LogP contribution in [0.4, 0.5) is 0 Å². The molecule has 1 fully saturated rings. The van der Waals surface area contributed by atoms with Gasteiger partial charge in [-0.1, -0.05) is 23.7 Å². The first-order valence-corrected chi connectivity index (χ1v) is 4.97. The summed E-state index contributed by atoms with van der Waals surface area (Å²) in [4.78, 5) is 0. The molecule has 2 atom stereocenters. The molecular formula is C11H13ClO. The van der Waals surface area contributed by atoms with Crippen molar-refractivity contribution in [1.29, 1.82) is 0 Å². The summed E-state index contributed by atoms with van der Waals surface area (Å²) in [5.74, 6) is 1.01. The maximum Gasteiger partial charge on any atom is 0.0465 e. The molecule has 0 aromatic heterocycles. The van der Waals surface area contributed by atoms with Crippen LogP contribution in [0.1, 0.15) is 23.5 Å². The van der Waals surface area contributed by atoms with Gasteiger partial charge in [0.1, 0.15) is 0 Å². The van der Waals surface area contributed by atoms with Crippen molar-refractivity contribution < 1.29 is 5.11 Å². The van der Waals surface area contributed by atoms with Crippen LogP contribution in [0, 0.1) is 12.8 Å². The van der Waals surface area contributed by atoms with Crippen LogP contribution in [0.25, 0.3) is 0 Å². The molecular weight excluding hydrogens is 184 g/mol. The van der Waals surface area contributed by atoms with Crippen molar-refractivity contribution in [3.63, 3.8) is 0 Å². The lowest BCUT2D eigenvalue weighted by Crippen LogP contribution is -1.91. The Morgan fingerprint density at radius 3 is 2.92 bits per heavy atom. The molecule has 0 unspecified atom stereocenters. The van der Waals surface area contributed by atoms with Gasteiger partial charge in [-0.3, -0.25) is 0 Å². The van der Waals surface area contributed by atoms with Gasteiger partial charge < -0.3 is 5.11 Å². The molecule has 0 bridgehead atoms. The average Bonchev–Trinajstić information content (AvgIpc) is 2.89. The van der Waals surface area contributed by atoms with Gasteiger partial charge in [-0.15, -0.1) is 0 Å². The van der Waals surface area contributed by atoms with Gasteiger partial charge in [0.05, 0.1) is 0 Å². The molecule has 0 aliphatic heterocycles. The van der Waals surface area contributed by atoms with Crippen molar-refractivity contribution in [3.8, 4) is 0 Å². The minimum absolute atomic E-state index is 0.302. The van der Waals surface area contributed by atoms with Crippen molar-refractivity contribution in [3.05, 3.63) is 34.3 Å². The summed E-state index contributed by atoms with van der Waals surface area (Å²) < 4.78 is 0. The normalized spacial score (nSPS) is 26.1. The van der Waals surface area contributed by atoms with E-state index in [0.29, 0.717) is 18.4 Å². The molecule has 0 spiro atoms. The van der Waals surface area contributed by atoms with Crippen LogP contribution >= 0.6 is 11.6 Å². The monoisotopic (exact) mass is 196 g/mol. The van der Waals surface area contributed by atoms with Gasteiger partial charge in [-0.25, -0.2) is 0 Å². The van der Waals surface area contributed by atoms with E-state index in [4.69, 9.17) is 16.7 Å². The zero-order valence-corrected chi connectivity index (χ0v) is 8.38. The first kappa shape index (κ1) is 9.04. The molecule has 1 aromatic rings. The van der Waals surface area contributed by atoms with Crippen molar-refractivity contribution in [1.82, 2.24) is 0 Å². The Hall–Kier alpha value is -0.530. The molecule has 1 aliphatic carbocycles. The highest BCUT2D eigenvalue weighted by atomic mass is 35.5. The molecule has 0 amide bonds. The van der Waals surface area contributed by atoms with Crippen LogP contribution in [0.3, 0.4) is 0 Å². The summed E-state index contributed by atoms with van der Waals surface area (Å²) >= 11 is 6.01. The summed E-state index contributed by atoms with van der Waals surface area (Å²) in [6.07, 6.45) is 1.11. The van der Waals surface area contributed by atoms with Crippen LogP contribution in [0.2, 0.25) is 5.02 Å². The Kier molecular flexibility index (Phi) is 2.31. The molecule has 1 N–H and O–H groups in total. The highest BCUT2D eigenvalue weighted by molar-refractivity contribution is 6.31. The second-order valence-corrected chi connectivity index (χ2v) is 4.15. The Morgan fingerprint density at radius 1 is 1.54 bits per heavy atom. The lowest BCUT2D eigenvalue weighted by Gasteiger charge is -2.05. The molecule has 2 rings (SSSR count). The predicted molar refractivity (Wildman–Crippen MR) is 54.1 cm³/mol. The fourth-order valence-electron chi connectivity index (χ4n) is 1.86. The lowest BCUT2D eigenvalue weighted by molar-refractivity contribution is 0.274. The Morgan fingerprint density at radius 2 is 2.31 bits per heavy atom. The standard InChI is InChI=1S/C11H13ClO/c1-7-9(3-2-4-11(7)12)10-5-8(10)6-13/h2-4,8,10,13H,5-6H2,1H3/t8-,10+/m0/s1. The quantitative estimate of drug-likeness (QED) is 0.771. The molecule has 1 aliphatic rings. The van der Waals surface area contributed by atoms with E-state index in [1.165, 1.54) is 11.1 Å². The second-order valence-electron chi connectivity index (χ2n) is 3.74. The highest BCUT2D eigenvalue weighted by Crippen LogP contribution is 2.48. The van der Waals surface area contributed by atoms with Gasteiger partial charge in [-0.05, 0) is 42.4 Å². The van der Waals surface area contributed by atoms with E-state index < -0.39 is 0 Å². The lowest BCUT2D eigenvalue weighted by atomic mass is 10.0. The van der Waals surface area contributed by atoms with Crippen molar-refractivity contribution in [2.24, 2.45) is 5.92 Å². The van der Waals surface area contributed by atoms with E-state index in [1.54, 1.807) is 0 Å². The van der Waals surface area contributed by atoms with Gasteiger partial charge in [0.15, 0.2) is 0 Å². The number of aliphatic hydroxyl groups excluding tert-OH is 1. The molecule has 0 heterocycles. The summed E-state index contributed by atoms with van der Waals surface area (Å²) in [7, 11) is 0. The molecule has 1 saturated carbocycles. The third-order valence-corrected chi connectivity index (χ3v) is 3.28. The zero-order chi connectivity index (χ0) is 9.42. The minimum atomic E-state index is 0.302. The largest absolute Gasteiger partial charge is 0.396 e. The number of hydrogen-bond acceptors (Lipinski definition) is 1. The maximum absolute atomic E-state index is 8.96. The number of rotatable bonds is 2. The van der Waals surface area contributed by atoms with Crippen molar-refractivity contribution in [2.45, 2.75) is 19.3 Å². The van der Waals surface area contributed by atoms with Crippen LogP contribution in [0.15, 0.2) is 18.2 Å². The summed E-state index contributed by atoms with van der Waals surface area (Å²) in [5, 5.41) is 9.80. The minimum Gasteiger partial charge on any atom is -0.396 e. The Labute approximate surface area is 83.3 Å². The summed E-state index contributed by atoms with van der Waals surface area (Å²) in [6.45, 7) is 2.35. The average molecular weight is 197 g/mol. The molecule has 2 heteroatoms.